The van der Waals surface area contributed by atoms with Gasteiger partial charge in [0.1, 0.15) is 6.63 Å². The number of aryl methyl sites for hydroxylation is 2. The van der Waals surface area contributed by atoms with Crippen molar-refractivity contribution in [1.29, 1.82) is 0 Å². The summed E-state index contributed by atoms with van der Waals surface area (Å²) in [6.07, 6.45) is 2.30. The molecule has 0 radical (unpaired) electrons. The molecule has 118 valence electrons. The minimum atomic E-state index is -1.12. The average molecular weight is 371 g/mol. The van der Waals surface area contributed by atoms with Crippen LogP contribution in [0.2, 0.25) is 0 Å². The summed E-state index contributed by atoms with van der Waals surface area (Å²) in [5.74, 6) is 0. The molecule has 0 aliphatic heterocycles. The van der Waals surface area contributed by atoms with Crippen LogP contribution in [-0.4, -0.2) is 11.3 Å². The molecule has 0 fully saturated rings. The van der Waals surface area contributed by atoms with Crippen molar-refractivity contribution >= 4 is 58.4 Å². The van der Waals surface area contributed by atoms with E-state index in [1.54, 1.807) is 0 Å². The first kappa shape index (κ1) is 17.0. The molecule has 0 amide bonds. The number of benzene rings is 2. The Labute approximate surface area is 145 Å². The van der Waals surface area contributed by atoms with Gasteiger partial charge in [-0.3, -0.25) is 0 Å². The van der Waals surface area contributed by atoms with E-state index in [2.05, 4.69) is 52.0 Å². The predicted octanol–water partition coefficient (Wildman–Crippen LogP) is 6.28. The first-order chi connectivity index (χ1) is 10.4. The van der Waals surface area contributed by atoms with E-state index < -0.39 is 6.63 Å². The first-order valence-corrected chi connectivity index (χ1v) is 12.5. The lowest BCUT2D eigenvalue weighted by atomic mass is 10.1. The van der Waals surface area contributed by atoms with Gasteiger partial charge in [0.25, 0.3) is 0 Å². The van der Waals surface area contributed by atoms with Crippen LogP contribution in [0.3, 0.4) is 0 Å². The number of hydrogen-bond donors (Lipinski definition) is 0. The largest absolute Gasteiger partial charge is 0.117 e. The maximum atomic E-state index is 6.38. The van der Waals surface area contributed by atoms with E-state index in [1.165, 1.54) is 27.2 Å². The maximum absolute atomic E-state index is 6.38. The standard InChI is InChI=1S/C18H22Cl2P2/c1-11(2)21(12(3)4)15-9-7-13-5-6-14-8-10-16(22(19)20)18(15)17(13)14/h7-12H,5-6H2,1-4H3. The van der Waals surface area contributed by atoms with E-state index >= 15 is 0 Å². The highest BCUT2D eigenvalue weighted by atomic mass is 35.9. The van der Waals surface area contributed by atoms with E-state index in [9.17, 15) is 0 Å². The maximum Gasteiger partial charge on any atom is 0.117 e. The van der Waals surface area contributed by atoms with E-state index in [1.807, 2.05) is 0 Å². The fourth-order valence-electron chi connectivity index (χ4n) is 3.80. The molecule has 0 unspecified atom stereocenters. The molecule has 0 aromatic heterocycles. The van der Waals surface area contributed by atoms with Gasteiger partial charge in [-0.05, 0) is 51.4 Å². The minimum absolute atomic E-state index is 0.218. The Kier molecular flexibility index (Phi) is 5.07. The number of rotatable bonds is 4. The fourth-order valence-corrected chi connectivity index (χ4v) is 8.37. The normalized spacial score (nSPS) is 14.3. The summed E-state index contributed by atoms with van der Waals surface area (Å²) < 4.78 is 0. The quantitative estimate of drug-likeness (QED) is 0.555. The van der Waals surface area contributed by atoms with Crippen LogP contribution in [0.1, 0.15) is 38.8 Å². The highest BCUT2D eigenvalue weighted by Gasteiger charge is 2.27. The second-order valence-electron chi connectivity index (χ2n) is 6.57. The third kappa shape index (κ3) is 2.82. The summed E-state index contributed by atoms with van der Waals surface area (Å²) >= 11 is 12.8. The van der Waals surface area contributed by atoms with Gasteiger partial charge in [-0.15, -0.1) is 0 Å². The van der Waals surface area contributed by atoms with Crippen LogP contribution < -0.4 is 10.6 Å². The Balaban J connectivity index is 2.36. The zero-order chi connectivity index (χ0) is 16.0. The van der Waals surface area contributed by atoms with Gasteiger partial charge in [-0.25, -0.2) is 0 Å². The third-order valence-corrected chi connectivity index (χ3v) is 9.51. The van der Waals surface area contributed by atoms with Crippen molar-refractivity contribution in [3.8, 4) is 0 Å². The van der Waals surface area contributed by atoms with E-state index in [4.69, 9.17) is 22.5 Å². The summed E-state index contributed by atoms with van der Waals surface area (Å²) in [5.41, 5.74) is 4.28. The number of halogens is 2. The van der Waals surface area contributed by atoms with Gasteiger partial charge in [0.2, 0.25) is 0 Å². The third-order valence-electron chi connectivity index (χ3n) is 4.53. The van der Waals surface area contributed by atoms with Crippen LogP contribution in [0.15, 0.2) is 24.3 Å². The van der Waals surface area contributed by atoms with Crippen LogP contribution in [0.5, 0.6) is 0 Å². The van der Waals surface area contributed by atoms with Crippen molar-refractivity contribution in [2.24, 2.45) is 0 Å². The minimum Gasteiger partial charge on any atom is -0.0727 e. The Morgan fingerprint density at radius 3 is 1.73 bits per heavy atom. The van der Waals surface area contributed by atoms with Gasteiger partial charge in [0.05, 0.1) is 0 Å². The van der Waals surface area contributed by atoms with Crippen molar-refractivity contribution in [2.75, 3.05) is 0 Å². The zero-order valence-corrected chi connectivity index (χ0v) is 16.8. The molecule has 4 heteroatoms. The summed E-state index contributed by atoms with van der Waals surface area (Å²) in [6, 6.07) is 9.14. The van der Waals surface area contributed by atoms with Crippen LogP contribution in [-0.2, 0) is 12.8 Å². The Morgan fingerprint density at radius 1 is 0.773 bits per heavy atom. The molecule has 0 nitrogen and oxygen atoms in total. The molecule has 0 saturated heterocycles. The molecule has 0 atom stereocenters. The summed E-state index contributed by atoms with van der Waals surface area (Å²) in [5, 5.41) is 5.51. The van der Waals surface area contributed by atoms with Crippen molar-refractivity contribution in [3.63, 3.8) is 0 Å². The molecular formula is C18H22Cl2P2. The summed E-state index contributed by atoms with van der Waals surface area (Å²) in [7, 11) is -0.218. The molecule has 2 aromatic rings. The topological polar surface area (TPSA) is 0 Å². The Bertz CT molecular complexity index is 690. The molecule has 1 aliphatic rings. The lowest BCUT2D eigenvalue weighted by Crippen LogP contribution is -2.19. The van der Waals surface area contributed by atoms with Crippen LogP contribution in [0, 0.1) is 0 Å². The van der Waals surface area contributed by atoms with Crippen LogP contribution in [0.25, 0.3) is 10.8 Å². The summed E-state index contributed by atoms with van der Waals surface area (Å²) in [4.78, 5) is 0. The van der Waals surface area contributed by atoms with E-state index in [0.717, 1.165) is 18.1 Å². The van der Waals surface area contributed by atoms with E-state index in [-0.39, 0.29) is 7.92 Å². The average Bonchev–Trinajstić information content (AvgIpc) is 2.85. The number of hydrogen-bond acceptors (Lipinski definition) is 0. The van der Waals surface area contributed by atoms with Crippen molar-refractivity contribution in [2.45, 2.75) is 51.9 Å². The smallest absolute Gasteiger partial charge is 0.0727 e. The lowest BCUT2D eigenvalue weighted by molar-refractivity contribution is 1.02. The molecule has 0 saturated carbocycles. The second kappa shape index (κ2) is 6.57. The highest BCUT2D eigenvalue weighted by molar-refractivity contribution is 8.09. The Morgan fingerprint density at radius 2 is 1.27 bits per heavy atom. The molecule has 1 aliphatic carbocycles. The van der Waals surface area contributed by atoms with E-state index in [0.29, 0.717) is 11.3 Å². The van der Waals surface area contributed by atoms with Gasteiger partial charge >= 0.3 is 0 Å². The molecule has 2 aromatic carbocycles. The summed E-state index contributed by atoms with van der Waals surface area (Å²) in [6.45, 7) is 8.27. The lowest BCUT2D eigenvalue weighted by Gasteiger charge is -2.28. The van der Waals surface area contributed by atoms with Gasteiger partial charge in [-0.2, -0.15) is 0 Å². The van der Waals surface area contributed by atoms with Gasteiger partial charge in [0.15, 0.2) is 0 Å². The molecule has 22 heavy (non-hydrogen) atoms. The SMILES string of the molecule is CC(C)P(c1ccc2c3c(ccc(P(Cl)Cl)c13)CC2)C(C)C. The molecule has 0 N–H and O–H groups in total. The molecule has 0 heterocycles. The molecule has 0 bridgehead atoms. The monoisotopic (exact) mass is 370 g/mol. The van der Waals surface area contributed by atoms with Crippen molar-refractivity contribution < 1.29 is 0 Å². The zero-order valence-electron chi connectivity index (χ0n) is 13.5. The van der Waals surface area contributed by atoms with Crippen molar-refractivity contribution in [1.82, 2.24) is 0 Å². The fraction of sp³-hybridized carbons (Fsp3) is 0.444. The van der Waals surface area contributed by atoms with Crippen molar-refractivity contribution in [3.05, 3.63) is 35.4 Å². The van der Waals surface area contributed by atoms with Gasteiger partial charge < -0.3 is 0 Å². The highest BCUT2D eigenvalue weighted by Crippen LogP contribution is 2.51. The Hall–Kier alpha value is 0.140. The first-order valence-electron chi connectivity index (χ1n) is 7.89. The second-order valence-corrected chi connectivity index (χ2v) is 13.4. The molecular weight excluding hydrogens is 349 g/mol. The van der Waals surface area contributed by atoms with Crippen LogP contribution in [0.4, 0.5) is 0 Å². The van der Waals surface area contributed by atoms with Crippen LogP contribution >= 0.6 is 37.0 Å². The molecule has 3 rings (SSSR count). The van der Waals surface area contributed by atoms with Gasteiger partial charge in [-0.1, -0.05) is 82.4 Å². The van der Waals surface area contributed by atoms with Gasteiger partial charge in [0, 0.05) is 5.30 Å². The molecule has 0 spiro atoms. The predicted molar refractivity (Wildman–Crippen MR) is 106 cm³/mol.